The molecule has 0 heterocycles. The molecule has 0 saturated heterocycles. The number of nitrogens with zero attached hydrogens (tertiary/aromatic N) is 1. The summed E-state index contributed by atoms with van der Waals surface area (Å²) in [7, 11) is 0. The second-order valence-corrected chi connectivity index (χ2v) is 6.16. The van der Waals surface area contributed by atoms with Gasteiger partial charge in [0.2, 0.25) is 0 Å². The van der Waals surface area contributed by atoms with Crippen LogP contribution in [0.5, 0.6) is 0 Å². The molecule has 1 aromatic carbocycles. The SMILES string of the molecule is CC(C)C(C)(C)CNc1ccc(C#N)cc1Br. The van der Waals surface area contributed by atoms with Gasteiger partial charge in [0.15, 0.2) is 0 Å². The Morgan fingerprint density at radius 1 is 1.41 bits per heavy atom. The number of benzene rings is 1. The molecule has 0 unspecified atom stereocenters. The Labute approximate surface area is 112 Å². The standard InChI is InChI=1S/C14H19BrN2/c1-10(2)14(3,4)9-17-13-6-5-11(8-16)7-12(13)15/h5-7,10,17H,9H2,1-4H3. The van der Waals surface area contributed by atoms with Crippen molar-refractivity contribution in [3.8, 4) is 6.07 Å². The fourth-order valence-corrected chi connectivity index (χ4v) is 1.77. The van der Waals surface area contributed by atoms with Gasteiger partial charge in [-0.3, -0.25) is 0 Å². The molecule has 1 N–H and O–H groups in total. The van der Waals surface area contributed by atoms with Crippen LogP contribution in [0.3, 0.4) is 0 Å². The van der Waals surface area contributed by atoms with Gasteiger partial charge < -0.3 is 5.32 Å². The van der Waals surface area contributed by atoms with Crippen molar-refractivity contribution in [1.29, 1.82) is 5.26 Å². The van der Waals surface area contributed by atoms with Crippen LogP contribution < -0.4 is 5.32 Å². The predicted octanol–water partition coefficient (Wildman–Crippen LogP) is 4.41. The Morgan fingerprint density at radius 2 is 2.06 bits per heavy atom. The van der Waals surface area contributed by atoms with Gasteiger partial charge in [-0.15, -0.1) is 0 Å². The van der Waals surface area contributed by atoms with E-state index in [0.717, 1.165) is 16.7 Å². The highest BCUT2D eigenvalue weighted by Crippen LogP contribution is 2.29. The van der Waals surface area contributed by atoms with E-state index in [1.807, 2.05) is 18.2 Å². The van der Waals surface area contributed by atoms with Crippen LogP contribution in [0.1, 0.15) is 33.3 Å². The second kappa shape index (κ2) is 5.55. The maximum Gasteiger partial charge on any atom is 0.0992 e. The molecule has 0 atom stereocenters. The van der Waals surface area contributed by atoms with Crippen molar-refractivity contribution in [2.45, 2.75) is 27.7 Å². The molecule has 0 amide bonds. The molecule has 17 heavy (non-hydrogen) atoms. The molecule has 3 heteroatoms. The van der Waals surface area contributed by atoms with E-state index in [1.165, 1.54) is 0 Å². The summed E-state index contributed by atoms with van der Waals surface area (Å²) in [5.41, 5.74) is 1.95. The Balaban J connectivity index is 2.74. The van der Waals surface area contributed by atoms with Crippen LogP contribution in [0.2, 0.25) is 0 Å². The molecule has 0 aliphatic carbocycles. The van der Waals surface area contributed by atoms with E-state index in [-0.39, 0.29) is 5.41 Å². The quantitative estimate of drug-likeness (QED) is 0.892. The molecule has 0 aliphatic heterocycles. The summed E-state index contributed by atoms with van der Waals surface area (Å²) >= 11 is 3.48. The Hall–Kier alpha value is -1.01. The maximum atomic E-state index is 8.79. The number of nitriles is 1. The summed E-state index contributed by atoms with van der Waals surface area (Å²) in [5, 5.41) is 12.2. The normalized spacial score (nSPS) is 11.4. The van der Waals surface area contributed by atoms with Crippen LogP contribution in [-0.2, 0) is 0 Å². The molecule has 0 aromatic heterocycles. The van der Waals surface area contributed by atoms with Crippen LogP contribution >= 0.6 is 15.9 Å². The summed E-state index contributed by atoms with van der Waals surface area (Å²) < 4.78 is 0.941. The van der Waals surface area contributed by atoms with Crippen LogP contribution in [0.4, 0.5) is 5.69 Å². The zero-order chi connectivity index (χ0) is 13.1. The average molecular weight is 295 g/mol. The number of hydrogen-bond donors (Lipinski definition) is 1. The summed E-state index contributed by atoms with van der Waals surface area (Å²) in [4.78, 5) is 0. The molecule has 0 radical (unpaired) electrons. The van der Waals surface area contributed by atoms with Gasteiger partial charge in [-0.05, 0) is 45.5 Å². The highest BCUT2D eigenvalue weighted by Gasteiger charge is 2.22. The Kier molecular flexibility index (Phi) is 4.59. The highest BCUT2D eigenvalue weighted by atomic mass is 79.9. The molecule has 0 bridgehead atoms. The van der Waals surface area contributed by atoms with E-state index >= 15 is 0 Å². The number of rotatable bonds is 4. The topological polar surface area (TPSA) is 35.8 Å². The third-order valence-corrected chi connectivity index (χ3v) is 4.05. The zero-order valence-electron chi connectivity index (χ0n) is 10.8. The first-order valence-electron chi connectivity index (χ1n) is 5.80. The van der Waals surface area contributed by atoms with E-state index < -0.39 is 0 Å². The van der Waals surface area contributed by atoms with Crippen molar-refractivity contribution in [2.75, 3.05) is 11.9 Å². The fraction of sp³-hybridized carbons (Fsp3) is 0.500. The fourth-order valence-electron chi connectivity index (χ4n) is 1.26. The molecule has 2 nitrogen and oxygen atoms in total. The van der Waals surface area contributed by atoms with Crippen molar-refractivity contribution >= 4 is 21.6 Å². The van der Waals surface area contributed by atoms with E-state index in [0.29, 0.717) is 11.5 Å². The lowest BCUT2D eigenvalue weighted by molar-refractivity contribution is 0.269. The molecule has 1 rings (SSSR count). The van der Waals surface area contributed by atoms with Crippen LogP contribution in [0.15, 0.2) is 22.7 Å². The first kappa shape index (κ1) is 14.1. The van der Waals surface area contributed by atoms with Gasteiger partial charge in [0, 0.05) is 16.7 Å². The average Bonchev–Trinajstić information content (AvgIpc) is 2.27. The van der Waals surface area contributed by atoms with E-state index in [1.54, 1.807) is 0 Å². The predicted molar refractivity (Wildman–Crippen MR) is 76.0 cm³/mol. The van der Waals surface area contributed by atoms with Gasteiger partial charge in [-0.2, -0.15) is 5.26 Å². The summed E-state index contributed by atoms with van der Waals surface area (Å²) in [6.45, 7) is 9.88. The number of anilines is 1. The number of hydrogen-bond acceptors (Lipinski definition) is 2. The van der Waals surface area contributed by atoms with Crippen LogP contribution in [0, 0.1) is 22.7 Å². The monoisotopic (exact) mass is 294 g/mol. The van der Waals surface area contributed by atoms with E-state index in [4.69, 9.17) is 5.26 Å². The van der Waals surface area contributed by atoms with Gasteiger partial charge >= 0.3 is 0 Å². The minimum atomic E-state index is 0.243. The molecule has 0 spiro atoms. The summed E-state index contributed by atoms with van der Waals surface area (Å²) in [5.74, 6) is 0.618. The molecule has 0 saturated carbocycles. The van der Waals surface area contributed by atoms with Crippen molar-refractivity contribution < 1.29 is 0 Å². The third-order valence-electron chi connectivity index (χ3n) is 3.40. The lowest BCUT2D eigenvalue weighted by Gasteiger charge is -2.30. The van der Waals surface area contributed by atoms with Crippen molar-refractivity contribution in [3.63, 3.8) is 0 Å². The van der Waals surface area contributed by atoms with Gasteiger partial charge in [0.05, 0.1) is 11.6 Å². The van der Waals surface area contributed by atoms with Gasteiger partial charge in [-0.1, -0.05) is 27.7 Å². The number of halogens is 1. The lowest BCUT2D eigenvalue weighted by Crippen LogP contribution is -2.28. The molecular weight excluding hydrogens is 276 g/mol. The zero-order valence-corrected chi connectivity index (χ0v) is 12.4. The third kappa shape index (κ3) is 3.74. The van der Waals surface area contributed by atoms with Gasteiger partial charge in [0.25, 0.3) is 0 Å². The van der Waals surface area contributed by atoms with Crippen LogP contribution in [-0.4, -0.2) is 6.54 Å². The van der Waals surface area contributed by atoms with E-state index in [2.05, 4.69) is 55.0 Å². The van der Waals surface area contributed by atoms with Crippen molar-refractivity contribution in [1.82, 2.24) is 0 Å². The molecule has 0 fully saturated rings. The Morgan fingerprint density at radius 3 is 2.53 bits per heavy atom. The van der Waals surface area contributed by atoms with Gasteiger partial charge in [0.1, 0.15) is 0 Å². The van der Waals surface area contributed by atoms with Crippen molar-refractivity contribution in [3.05, 3.63) is 28.2 Å². The summed E-state index contributed by atoms with van der Waals surface area (Å²) in [6, 6.07) is 7.74. The largest absolute Gasteiger partial charge is 0.384 e. The minimum Gasteiger partial charge on any atom is -0.384 e. The maximum absolute atomic E-state index is 8.79. The van der Waals surface area contributed by atoms with Crippen LogP contribution in [0.25, 0.3) is 0 Å². The number of nitrogens with one attached hydrogen (secondary N) is 1. The second-order valence-electron chi connectivity index (χ2n) is 5.30. The minimum absolute atomic E-state index is 0.243. The van der Waals surface area contributed by atoms with Gasteiger partial charge in [-0.25, -0.2) is 0 Å². The lowest BCUT2D eigenvalue weighted by atomic mass is 9.81. The van der Waals surface area contributed by atoms with Crippen molar-refractivity contribution in [2.24, 2.45) is 11.3 Å². The first-order valence-corrected chi connectivity index (χ1v) is 6.59. The Bertz CT molecular complexity index is 430. The molecule has 0 aliphatic rings. The highest BCUT2D eigenvalue weighted by molar-refractivity contribution is 9.10. The molecule has 1 aromatic rings. The van der Waals surface area contributed by atoms with E-state index in [9.17, 15) is 0 Å². The first-order chi connectivity index (χ1) is 7.86. The smallest absolute Gasteiger partial charge is 0.0992 e. The molecular formula is C14H19BrN2. The summed E-state index contributed by atoms with van der Waals surface area (Å²) in [6.07, 6.45) is 0. The molecule has 92 valence electrons.